The van der Waals surface area contributed by atoms with Gasteiger partial charge in [-0.25, -0.2) is 9.97 Å². The number of benzene rings is 4. The summed E-state index contributed by atoms with van der Waals surface area (Å²) in [6.07, 6.45) is 0. The lowest BCUT2D eigenvalue weighted by atomic mass is 9.97. The molecule has 0 saturated carbocycles. The Kier molecular flexibility index (Phi) is 5.71. The summed E-state index contributed by atoms with van der Waals surface area (Å²) in [6.45, 7) is 8.54. The summed E-state index contributed by atoms with van der Waals surface area (Å²) in [5, 5.41) is 4.81. The van der Waals surface area contributed by atoms with E-state index in [2.05, 4.69) is 70.1 Å². The first-order chi connectivity index (χ1) is 18.6. The van der Waals surface area contributed by atoms with Crippen LogP contribution in [0.15, 0.2) is 54.6 Å². The van der Waals surface area contributed by atoms with Crippen LogP contribution in [0.5, 0.6) is 5.75 Å². The Morgan fingerprint density at radius 1 is 0.553 bits per heavy atom. The van der Waals surface area contributed by atoms with Crippen LogP contribution in [0.2, 0.25) is 0 Å². The minimum Gasteiger partial charge on any atom is -0.497 e. The molecule has 0 atom stereocenters. The number of hydrogen-bond acceptors (Lipinski definition) is 7. The number of piperazine rings is 2. The second kappa shape index (κ2) is 9.26. The fraction of sp³-hybridized carbons (Fsp3) is 0.355. The van der Waals surface area contributed by atoms with Gasteiger partial charge in [-0.15, -0.1) is 0 Å². The highest BCUT2D eigenvalue weighted by atomic mass is 16.5. The van der Waals surface area contributed by atoms with Crippen molar-refractivity contribution in [3.8, 4) is 5.75 Å². The zero-order valence-electron chi connectivity index (χ0n) is 22.4. The van der Waals surface area contributed by atoms with Crippen molar-refractivity contribution in [2.45, 2.75) is 0 Å². The quantitative estimate of drug-likeness (QED) is 0.262. The molecule has 2 aliphatic heterocycles. The molecule has 0 N–H and O–H groups in total. The maximum atomic E-state index is 5.48. The van der Waals surface area contributed by atoms with E-state index in [0.717, 1.165) is 90.9 Å². The molecule has 2 aliphatic rings. The van der Waals surface area contributed by atoms with E-state index in [1.165, 1.54) is 22.1 Å². The lowest BCUT2D eigenvalue weighted by Gasteiger charge is -2.34. The van der Waals surface area contributed by atoms with E-state index in [1.807, 2.05) is 18.2 Å². The molecule has 0 aliphatic carbocycles. The lowest BCUT2D eigenvalue weighted by molar-refractivity contribution is 0.313. The summed E-state index contributed by atoms with van der Waals surface area (Å²) in [6, 6.07) is 19.8. The standard InChI is InChI=1S/C31H34N6O/c1-34-10-14-36(15-11-34)21-4-7-24-26(18-21)27-19-22(37-16-12-35(2)13-17-37)5-8-25(27)31-30(24)32-28-9-6-23(38-3)20-29(28)33-31/h4-9,18-20H,10-17H2,1-3H3. The number of hydrogen-bond donors (Lipinski definition) is 0. The van der Waals surface area contributed by atoms with Crippen LogP contribution in [-0.2, 0) is 0 Å². The van der Waals surface area contributed by atoms with Gasteiger partial charge in [0.25, 0.3) is 0 Å². The predicted molar refractivity (Wildman–Crippen MR) is 158 cm³/mol. The van der Waals surface area contributed by atoms with Crippen molar-refractivity contribution >= 4 is 55.0 Å². The van der Waals surface area contributed by atoms with Gasteiger partial charge in [0.05, 0.1) is 29.2 Å². The average molecular weight is 507 g/mol. The second-order valence-corrected chi connectivity index (χ2v) is 10.8. The van der Waals surface area contributed by atoms with Crippen molar-refractivity contribution in [2.24, 2.45) is 0 Å². The van der Waals surface area contributed by atoms with E-state index in [0.29, 0.717) is 0 Å². The Hall–Kier alpha value is -3.68. The number of likely N-dealkylation sites (N-methyl/N-ethyl adjacent to an activating group) is 2. The van der Waals surface area contributed by atoms with Gasteiger partial charge < -0.3 is 24.3 Å². The van der Waals surface area contributed by atoms with Crippen molar-refractivity contribution in [2.75, 3.05) is 83.4 Å². The molecule has 0 spiro atoms. The van der Waals surface area contributed by atoms with E-state index in [9.17, 15) is 0 Å². The van der Waals surface area contributed by atoms with Gasteiger partial charge in [-0.1, -0.05) is 12.1 Å². The summed E-state index contributed by atoms with van der Waals surface area (Å²) in [5.74, 6) is 0.797. The Morgan fingerprint density at radius 3 is 1.55 bits per heavy atom. The van der Waals surface area contributed by atoms with Crippen LogP contribution in [0.25, 0.3) is 43.6 Å². The van der Waals surface area contributed by atoms with Gasteiger partial charge in [0.15, 0.2) is 0 Å². The predicted octanol–water partition coefficient (Wildman–Crippen LogP) is 4.60. The minimum absolute atomic E-state index is 0.797. The molecule has 0 bridgehead atoms. The fourth-order valence-electron chi connectivity index (χ4n) is 5.98. The molecule has 7 heteroatoms. The van der Waals surface area contributed by atoms with E-state index in [4.69, 9.17) is 14.7 Å². The number of anilines is 2. The van der Waals surface area contributed by atoms with Gasteiger partial charge in [-0.05, 0) is 61.3 Å². The highest BCUT2D eigenvalue weighted by Gasteiger charge is 2.20. The molecule has 5 aromatic rings. The molecule has 4 aromatic carbocycles. The molecule has 7 rings (SSSR count). The van der Waals surface area contributed by atoms with Gasteiger partial charge in [-0.2, -0.15) is 0 Å². The lowest BCUT2D eigenvalue weighted by Crippen LogP contribution is -2.44. The number of methoxy groups -OCH3 is 1. The van der Waals surface area contributed by atoms with E-state index in [-0.39, 0.29) is 0 Å². The molecule has 0 unspecified atom stereocenters. The van der Waals surface area contributed by atoms with Gasteiger partial charge >= 0.3 is 0 Å². The molecule has 2 saturated heterocycles. The Labute approximate surface area is 223 Å². The summed E-state index contributed by atoms with van der Waals surface area (Å²) >= 11 is 0. The maximum absolute atomic E-state index is 5.48. The number of fused-ring (bicyclic) bond motifs is 7. The van der Waals surface area contributed by atoms with Gasteiger partial charge in [-0.3, -0.25) is 0 Å². The molecule has 2 fully saturated rings. The van der Waals surface area contributed by atoms with E-state index >= 15 is 0 Å². The van der Waals surface area contributed by atoms with Crippen molar-refractivity contribution in [1.29, 1.82) is 0 Å². The molecule has 7 nitrogen and oxygen atoms in total. The molecule has 3 heterocycles. The zero-order chi connectivity index (χ0) is 25.8. The van der Waals surface area contributed by atoms with Crippen LogP contribution in [0.3, 0.4) is 0 Å². The van der Waals surface area contributed by atoms with Crippen molar-refractivity contribution in [3.63, 3.8) is 0 Å². The molecule has 194 valence electrons. The van der Waals surface area contributed by atoms with Crippen molar-refractivity contribution in [3.05, 3.63) is 54.6 Å². The summed E-state index contributed by atoms with van der Waals surface area (Å²) in [4.78, 5) is 20.1. The summed E-state index contributed by atoms with van der Waals surface area (Å²) in [7, 11) is 6.10. The van der Waals surface area contributed by atoms with Crippen molar-refractivity contribution < 1.29 is 4.74 Å². The molecule has 1 aromatic heterocycles. The number of nitrogens with zero attached hydrogens (tertiary/aromatic N) is 6. The van der Waals surface area contributed by atoms with Gasteiger partial charge in [0.1, 0.15) is 5.75 Å². The average Bonchev–Trinajstić information content (AvgIpc) is 2.96. The number of aromatic nitrogens is 2. The van der Waals surface area contributed by atoms with Crippen LogP contribution < -0.4 is 14.5 Å². The number of rotatable bonds is 3. The molecular formula is C31H34N6O. The van der Waals surface area contributed by atoms with Crippen LogP contribution in [0, 0.1) is 0 Å². The van der Waals surface area contributed by atoms with Crippen LogP contribution >= 0.6 is 0 Å². The molecule has 38 heavy (non-hydrogen) atoms. The minimum atomic E-state index is 0.797. The Morgan fingerprint density at radius 2 is 1.05 bits per heavy atom. The fourth-order valence-corrected chi connectivity index (χ4v) is 5.98. The molecular weight excluding hydrogens is 472 g/mol. The van der Waals surface area contributed by atoms with Crippen molar-refractivity contribution in [1.82, 2.24) is 19.8 Å². The third-order valence-electron chi connectivity index (χ3n) is 8.41. The topological polar surface area (TPSA) is 48.0 Å². The molecule has 0 radical (unpaired) electrons. The van der Waals surface area contributed by atoms with Crippen LogP contribution in [0.1, 0.15) is 0 Å². The van der Waals surface area contributed by atoms with Gasteiger partial charge in [0.2, 0.25) is 0 Å². The SMILES string of the molecule is COc1ccc2nc3c4ccc(N5CCN(C)CC5)cc4c4cc(N5CCN(C)CC5)ccc4c3nc2c1. The zero-order valence-corrected chi connectivity index (χ0v) is 22.4. The highest BCUT2D eigenvalue weighted by molar-refractivity contribution is 6.24. The van der Waals surface area contributed by atoms with E-state index < -0.39 is 0 Å². The summed E-state index contributed by atoms with van der Waals surface area (Å²) < 4.78 is 5.48. The largest absolute Gasteiger partial charge is 0.497 e. The smallest absolute Gasteiger partial charge is 0.121 e. The van der Waals surface area contributed by atoms with E-state index in [1.54, 1.807) is 7.11 Å². The molecule has 0 amide bonds. The Balaban J connectivity index is 1.47. The first-order valence-corrected chi connectivity index (χ1v) is 13.6. The highest BCUT2D eigenvalue weighted by Crippen LogP contribution is 2.38. The second-order valence-electron chi connectivity index (χ2n) is 10.8. The normalized spacial score (nSPS) is 17.8. The third kappa shape index (κ3) is 3.97. The van der Waals surface area contributed by atoms with Gasteiger partial charge in [0, 0.05) is 80.6 Å². The first-order valence-electron chi connectivity index (χ1n) is 13.6. The van der Waals surface area contributed by atoms with Crippen LogP contribution in [0.4, 0.5) is 11.4 Å². The third-order valence-corrected chi connectivity index (χ3v) is 8.41. The summed E-state index contributed by atoms with van der Waals surface area (Å²) in [5.41, 5.74) is 6.22. The number of ether oxygens (including phenoxy) is 1. The first kappa shape index (κ1) is 23.4. The van der Waals surface area contributed by atoms with Crippen LogP contribution in [-0.4, -0.2) is 93.3 Å². The monoisotopic (exact) mass is 506 g/mol. The Bertz CT molecular complexity index is 1670. The maximum Gasteiger partial charge on any atom is 0.121 e.